The van der Waals surface area contributed by atoms with E-state index in [-0.39, 0.29) is 12.7 Å². The average molecular weight is 429 g/mol. The normalized spacial score (nSPS) is 11.9. The molecule has 8 nitrogen and oxygen atoms in total. The van der Waals surface area contributed by atoms with Crippen molar-refractivity contribution in [1.82, 2.24) is 0 Å². The first kappa shape index (κ1) is 29.9. The van der Waals surface area contributed by atoms with E-state index in [1.54, 1.807) is 26.0 Å². The third-order valence-electron chi connectivity index (χ3n) is 3.14. The number of rotatable bonds is 16. The van der Waals surface area contributed by atoms with Gasteiger partial charge in [-0.05, 0) is 13.8 Å². The van der Waals surface area contributed by atoms with E-state index in [0.29, 0.717) is 44.2 Å². The molecule has 0 saturated carbocycles. The quantitative estimate of drug-likeness (QED) is 0.160. The smallest absolute Gasteiger partial charge is 0.333 e. The fourth-order valence-electron chi connectivity index (χ4n) is 1.60. The minimum absolute atomic E-state index is 0.166. The maximum Gasteiger partial charge on any atom is 0.333 e. The van der Waals surface area contributed by atoms with Crippen molar-refractivity contribution in [2.45, 2.75) is 26.1 Å². The highest BCUT2D eigenvalue weighted by molar-refractivity contribution is 5.87. The minimum atomic E-state index is -0.431. The molecule has 0 amide bonds. The Morgan fingerprint density at radius 3 is 1.70 bits per heavy atom. The SMILES string of the molecule is C=CCOCC(COC(=O)C(=C)C)OC.C=CCOCC(COC)OC(=O)C(=C)C. The number of esters is 2. The van der Waals surface area contributed by atoms with Crippen molar-refractivity contribution in [1.29, 1.82) is 0 Å². The van der Waals surface area contributed by atoms with Crippen LogP contribution >= 0.6 is 0 Å². The van der Waals surface area contributed by atoms with Crippen LogP contribution in [0.5, 0.6) is 0 Å². The van der Waals surface area contributed by atoms with E-state index >= 15 is 0 Å². The van der Waals surface area contributed by atoms with Crippen LogP contribution in [0.3, 0.4) is 0 Å². The first-order chi connectivity index (χ1) is 14.2. The summed E-state index contributed by atoms with van der Waals surface area (Å²) in [5.74, 6) is -0.847. The molecule has 0 rings (SSSR count). The lowest BCUT2D eigenvalue weighted by molar-refractivity contribution is -0.150. The highest BCUT2D eigenvalue weighted by Crippen LogP contribution is 2.01. The van der Waals surface area contributed by atoms with Crippen molar-refractivity contribution in [2.75, 3.05) is 53.9 Å². The molecule has 0 N–H and O–H groups in total. The lowest BCUT2D eigenvalue weighted by Gasteiger charge is -2.16. The lowest BCUT2D eigenvalue weighted by Crippen LogP contribution is -2.28. The Labute approximate surface area is 180 Å². The zero-order valence-corrected chi connectivity index (χ0v) is 18.6. The van der Waals surface area contributed by atoms with Gasteiger partial charge in [0.05, 0.1) is 33.0 Å². The van der Waals surface area contributed by atoms with E-state index in [2.05, 4.69) is 26.3 Å². The summed E-state index contributed by atoms with van der Waals surface area (Å²) in [5.41, 5.74) is 0.733. The summed E-state index contributed by atoms with van der Waals surface area (Å²) in [4.78, 5) is 22.3. The Hall–Kier alpha value is -2.26. The molecule has 0 radical (unpaired) electrons. The van der Waals surface area contributed by atoms with Gasteiger partial charge in [0.1, 0.15) is 18.8 Å². The van der Waals surface area contributed by atoms with Gasteiger partial charge in [0.2, 0.25) is 0 Å². The van der Waals surface area contributed by atoms with Crippen LogP contribution in [0.1, 0.15) is 13.8 Å². The number of hydrogen-bond donors (Lipinski definition) is 0. The molecule has 0 spiro atoms. The third kappa shape index (κ3) is 17.8. The van der Waals surface area contributed by atoms with Crippen molar-refractivity contribution in [2.24, 2.45) is 0 Å². The molecule has 0 aromatic carbocycles. The molecular weight excluding hydrogens is 392 g/mol. The third-order valence-corrected chi connectivity index (χ3v) is 3.14. The summed E-state index contributed by atoms with van der Waals surface area (Å²) in [7, 11) is 3.08. The van der Waals surface area contributed by atoms with Gasteiger partial charge in [0, 0.05) is 25.4 Å². The second kappa shape index (κ2) is 20.0. The van der Waals surface area contributed by atoms with Gasteiger partial charge in [-0.1, -0.05) is 25.3 Å². The number of carbonyl (C=O) groups is 2. The van der Waals surface area contributed by atoms with Gasteiger partial charge in [0.25, 0.3) is 0 Å². The van der Waals surface area contributed by atoms with Crippen LogP contribution in [0.4, 0.5) is 0 Å². The maximum absolute atomic E-state index is 11.2. The highest BCUT2D eigenvalue weighted by atomic mass is 16.6. The van der Waals surface area contributed by atoms with E-state index in [0.717, 1.165) is 0 Å². The van der Waals surface area contributed by atoms with Crippen LogP contribution in [0.25, 0.3) is 0 Å². The molecule has 0 bridgehead atoms. The van der Waals surface area contributed by atoms with E-state index in [4.69, 9.17) is 28.4 Å². The predicted molar refractivity (Wildman–Crippen MR) is 115 cm³/mol. The van der Waals surface area contributed by atoms with E-state index in [9.17, 15) is 9.59 Å². The minimum Gasteiger partial charge on any atom is -0.459 e. The van der Waals surface area contributed by atoms with E-state index < -0.39 is 18.0 Å². The van der Waals surface area contributed by atoms with Crippen molar-refractivity contribution >= 4 is 11.9 Å². The Balaban J connectivity index is 0. The second-order valence-corrected chi connectivity index (χ2v) is 6.15. The standard InChI is InChI=1S/2C11H18O4/c1-5-6-14-7-10(13-4)8-15-11(12)9(2)3;1-5-6-14-8-10(7-13-4)15-11(12)9(2)3/h2*5,10H,1-2,6-8H2,3-4H3. The van der Waals surface area contributed by atoms with Gasteiger partial charge >= 0.3 is 11.9 Å². The van der Waals surface area contributed by atoms with Gasteiger partial charge < -0.3 is 28.4 Å². The highest BCUT2D eigenvalue weighted by Gasteiger charge is 2.14. The molecule has 0 aromatic rings. The molecule has 0 aromatic heterocycles. The Bertz CT molecular complexity index is 541. The van der Waals surface area contributed by atoms with Crippen LogP contribution in [0.15, 0.2) is 49.6 Å². The van der Waals surface area contributed by atoms with Gasteiger partial charge in [-0.15, -0.1) is 13.2 Å². The Kier molecular flexibility index (Phi) is 20.0. The molecule has 0 fully saturated rings. The summed E-state index contributed by atoms with van der Waals surface area (Å²) < 4.78 is 30.3. The van der Waals surface area contributed by atoms with Crippen LogP contribution in [0.2, 0.25) is 0 Å². The van der Waals surface area contributed by atoms with Gasteiger partial charge in [0.15, 0.2) is 0 Å². The molecule has 8 heteroatoms. The topological polar surface area (TPSA) is 89.5 Å². The monoisotopic (exact) mass is 428 g/mol. The van der Waals surface area contributed by atoms with Crippen molar-refractivity contribution in [3.8, 4) is 0 Å². The summed E-state index contributed by atoms with van der Waals surface area (Å²) >= 11 is 0. The zero-order valence-electron chi connectivity index (χ0n) is 18.6. The zero-order chi connectivity index (χ0) is 23.4. The molecular formula is C22H36O8. The first-order valence-electron chi connectivity index (χ1n) is 9.31. The molecule has 0 aliphatic carbocycles. The number of ether oxygens (including phenoxy) is 6. The molecule has 172 valence electrons. The van der Waals surface area contributed by atoms with Gasteiger partial charge in [-0.25, -0.2) is 9.59 Å². The van der Waals surface area contributed by atoms with Crippen molar-refractivity contribution in [3.05, 3.63) is 49.6 Å². The molecule has 0 heterocycles. The number of carbonyl (C=O) groups excluding carboxylic acids is 2. The van der Waals surface area contributed by atoms with Crippen LogP contribution in [-0.2, 0) is 38.0 Å². The summed E-state index contributed by atoms with van der Waals surface area (Å²) in [5, 5.41) is 0. The number of methoxy groups -OCH3 is 2. The van der Waals surface area contributed by atoms with E-state index in [1.165, 1.54) is 14.2 Å². The van der Waals surface area contributed by atoms with Crippen molar-refractivity contribution < 1.29 is 38.0 Å². The predicted octanol–water partition coefficient (Wildman–Crippen LogP) is 2.65. The van der Waals surface area contributed by atoms with Crippen LogP contribution in [-0.4, -0.2) is 78.0 Å². The van der Waals surface area contributed by atoms with Crippen LogP contribution in [0, 0.1) is 0 Å². The molecule has 2 unspecified atom stereocenters. The fourth-order valence-corrected chi connectivity index (χ4v) is 1.60. The molecule has 0 aliphatic rings. The first-order valence-corrected chi connectivity index (χ1v) is 9.31. The summed E-state index contributed by atoms with van der Waals surface area (Å²) in [6.45, 7) is 19.2. The summed E-state index contributed by atoms with van der Waals surface area (Å²) in [6, 6.07) is 0. The van der Waals surface area contributed by atoms with Gasteiger partial charge in [-0.3, -0.25) is 0 Å². The van der Waals surface area contributed by atoms with Crippen molar-refractivity contribution in [3.63, 3.8) is 0 Å². The number of hydrogen-bond acceptors (Lipinski definition) is 8. The Morgan fingerprint density at radius 2 is 1.30 bits per heavy atom. The summed E-state index contributed by atoms with van der Waals surface area (Å²) in [6.07, 6.45) is 2.62. The largest absolute Gasteiger partial charge is 0.459 e. The second-order valence-electron chi connectivity index (χ2n) is 6.15. The maximum atomic E-state index is 11.2. The van der Waals surface area contributed by atoms with Crippen LogP contribution < -0.4 is 0 Å². The fraction of sp³-hybridized carbons (Fsp3) is 0.545. The molecule has 0 saturated heterocycles. The van der Waals surface area contributed by atoms with Gasteiger partial charge in [-0.2, -0.15) is 0 Å². The van der Waals surface area contributed by atoms with E-state index in [1.807, 2.05) is 0 Å². The molecule has 2 atom stereocenters. The molecule has 0 aliphatic heterocycles. The lowest BCUT2D eigenvalue weighted by atomic mass is 10.3. The Morgan fingerprint density at radius 1 is 0.800 bits per heavy atom. The molecule has 30 heavy (non-hydrogen) atoms. The average Bonchev–Trinajstić information content (AvgIpc) is 2.70.